The summed E-state index contributed by atoms with van der Waals surface area (Å²) < 4.78 is 1.76. The molecule has 7 nitrogen and oxygen atoms in total. The van der Waals surface area contributed by atoms with E-state index in [0.717, 1.165) is 22.7 Å². The first-order valence-corrected chi connectivity index (χ1v) is 9.53. The van der Waals surface area contributed by atoms with Gasteiger partial charge in [-0.25, -0.2) is 0 Å². The third kappa shape index (κ3) is 5.47. The molecule has 1 saturated heterocycles. The summed E-state index contributed by atoms with van der Waals surface area (Å²) in [6, 6.07) is 7.62. The van der Waals surface area contributed by atoms with Crippen molar-refractivity contribution in [3.05, 3.63) is 42.2 Å². The van der Waals surface area contributed by atoms with Crippen molar-refractivity contribution in [2.45, 2.75) is 17.2 Å². The lowest BCUT2D eigenvalue weighted by Crippen LogP contribution is -2.28. The number of aryl methyl sites for hydroxylation is 1. The Kier molecular flexibility index (Phi) is 7.70. The van der Waals surface area contributed by atoms with Gasteiger partial charge in [-0.1, -0.05) is 12.1 Å². The number of hydrogen-bond acceptors (Lipinski definition) is 5. The molecule has 3 rings (SSSR count). The highest BCUT2D eigenvalue weighted by atomic mass is 35.5. The zero-order valence-corrected chi connectivity index (χ0v) is 16.7. The Balaban J connectivity index is 0.00000261. The number of rotatable bonds is 7. The van der Waals surface area contributed by atoms with Crippen molar-refractivity contribution in [3.8, 4) is 0 Å². The van der Waals surface area contributed by atoms with Crippen LogP contribution in [0.25, 0.3) is 0 Å². The molecule has 1 aromatic heterocycles. The fourth-order valence-corrected chi connectivity index (χ4v) is 4.09. The second-order valence-electron chi connectivity index (χ2n) is 6.37. The number of anilines is 1. The third-order valence-corrected chi connectivity index (χ3v) is 5.53. The van der Waals surface area contributed by atoms with Gasteiger partial charge in [-0.2, -0.15) is 5.10 Å². The van der Waals surface area contributed by atoms with E-state index in [1.165, 1.54) is 11.8 Å². The number of primary amides is 1. The van der Waals surface area contributed by atoms with Crippen LogP contribution in [0.5, 0.6) is 0 Å². The van der Waals surface area contributed by atoms with Crippen LogP contribution in [0.1, 0.15) is 17.9 Å². The Bertz CT molecular complexity index is 798. The molecule has 2 heterocycles. The Labute approximate surface area is 168 Å². The first-order chi connectivity index (χ1) is 12.5. The molecular formula is C18H24ClN5O2S. The molecule has 1 aliphatic rings. The number of carbonyl (C=O) groups excluding carboxylic acids is 2. The van der Waals surface area contributed by atoms with Crippen LogP contribution >= 0.6 is 24.2 Å². The standard InChI is InChI=1S/C18H23N5O2S.ClH/c1-23-11-12(8-21-23)13-9-20-10-14(13)18(25)22-15-4-2-3-5-16(15)26-7-6-17(19)24;/h2-5,8,11,13-14,20H,6-7,9-10H2,1H3,(H2,19,24)(H,22,25);1H/t13-,14+;/m1./s1. The van der Waals surface area contributed by atoms with Crippen molar-refractivity contribution >= 4 is 41.7 Å². The van der Waals surface area contributed by atoms with Crippen molar-refractivity contribution in [2.75, 3.05) is 24.2 Å². The van der Waals surface area contributed by atoms with Gasteiger partial charge in [-0.15, -0.1) is 24.2 Å². The number of carbonyl (C=O) groups is 2. The van der Waals surface area contributed by atoms with Crippen LogP contribution in [-0.4, -0.2) is 40.4 Å². The molecule has 0 radical (unpaired) electrons. The van der Waals surface area contributed by atoms with Crippen molar-refractivity contribution < 1.29 is 9.59 Å². The Morgan fingerprint density at radius 1 is 1.37 bits per heavy atom. The zero-order valence-electron chi connectivity index (χ0n) is 15.1. The lowest BCUT2D eigenvalue weighted by molar-refractivity contribution is -0.120. The SMILES string of the molecule is Cl.Cn1cc([C@H]2CNC[C@@H]2C(=O)Nc2ccccc2SCCC(N)=O)cn1. The van der Waals surface area contributed by atoms with E-state index >= 15 is 0 Å². The fourth-order valence-electron chi connectivity index (χ4n) is 3.12. The largest absolute Gasteiger partial charge is 0.370 e. The highest BCUT2D eigenvalue weighted by Gasteiger charge is 2.34. The van der Waals surface area contributed by atoms with E-state index < -0.39 is 0 Å². The molecule has 1 aromatic carbocycles. The van der Waals surface area contributed by atoms with Gasteiger partial charge in [0, 0.05) is 49.3 Å². The van der Waals surface area contributed by atoms with Gasteiger partial charge >= 0.3 is 0 Å². The molecule has 1 fully saturated rings. The van der Waals surface area contributed by atoms with Crippen LogP contribution in [0, 0.1) is 5.92 Å². The van der Waals surface area contributed by atoms with E-state index in [1.54, 1.807) is 4.68 Å². The van der Waals surface area contributed by atoms with Gasteiger partial charge in [0.05, 0.1) is 17.8 Å². The van der Waals surface area contributed by atoms with Crippen LogP contribution in [0.4, 0.5) is 5.69 Å². The number of nitrogens with one attached hydrogen (secondary N) is 2. The molecule has 9 heteroatoms. The minimum absolute atomic E-state index is 0. The van der Waals surface area contributed by atoms with Gasteiger partial charge in [-0.3, -0.25) is 14.3 Å². The summed E-state index contributed by atoms with van der Waals surface area (Å²) in [4.78, 5) is 24.7. The number of amides is 2. The van der Waals surface area contributed by atoms with E-state index in [1.807, 2.05) is 43.7 Å². The molecule has 2 amide bonds. The van der Waals surface area contributed by atoms with Crippen LogP contribution < -0.4 is 16.4 Å². The molecule has 1 aliphatic heterocycles. The van der Waals surface area contributed by atoms with Gasteiger partial charge < -0.3 is 16.4 Å². The lowest BCUT2D eigenvalue weighted by Gasteiger charge is -2.18. The smallest absolute Gasteiger partial charge is 0.229 e. The highest BCUT2D eigenvalue weighted by Crippen LogP contribution is 2.31. The average Bonchev–Trinajstić information content (AvgIpc) is 3.24. The van der Waals surface area contributed by atoms with Crippen LogP contribution in [0.15, 0.2) is 41.6 Å². The maximum Gasteiger partial charge on any atom is 0.229 e. The van der Waals surface area contributed by atoms with Gasteiger partial charge in [0.1, 0.15) is 0 Å². The topological polar surface area (TPSA) is 102 Å². The normalized spacial score (nSPS) is 18.7. The molecule has 4 N–H and O–H groups in total. The molecule has 0 spiro atoms. The number of nitrogens with zero attached hydrogens (tertiary/aromatic N) is 2. The first kappa shape index (κ1) is 21.3. The Hall–Kier alpha value is -2.03. The molecule has 0 aliphatic carbocycles. The number of nitrogens with two attached hydrogens (primary N) is 1. The van der Waals surface area contributed by atoms with E-state index in [4.69, 9.17) is 5.73 Å². The van der Waals surface area contributed by atoms with Gasteiger partial charge in [0.2, 0.25) is 11.8 Å². The van der Waals surface area contributed by atoms with Crippen molar-refractivity contribution in [1.82, 2.24) is 15.1 Å². The molecule has 0 unspecified atom stereocenters. The Morgan fingerprint density at radius 2 is 2.15 bits per heavy atom. The van der Waals surface area contributed by atoms with E-state index in [-0.39, 0.29) is 36.1 Å². The summed E-state index contributed by atoms with van der Waals surface area (Å²) in [5, 5.41) is 10.6. The van der Waals surface area contributed by atoms with Gasteiger partial charge in [0.25, 0.3) is 0 Å². The minimum atomic E-state index is -0.324. The fraction of sp³-hybridized carbons (Fsp3) is 0.389. The molecule has 146 valence electrons. The van der Waals surface area contributed by atoms with E-state index in [2.05, 4.69) is 15.7 Å². The average molecular weight is 410 g/mol. The van der Waals surface area contributed by atoms with Gasteiger partial charge in [-0.05, 0) is 17.7 Å². The van der Waals surface area contributed by atoms with Crippen LogP contribution in [0.2, 0.25) is 0 Å². The Morgan fingerprint density at radius 3 is 2.85 bits per heavy atom. The van der Waals surface area contributed by atoms with E-state index in [0.29, 0.717) is 18.7 Å². The second-order valence-corrected chi connectivity index (χ2v) is 7.51. The molecule has 0 saturated carbocycles. The van der Waals surface area contributed by atoms with Crippen LogP contribution in [0.3, 0.4) is 0 Å². The molecule has 27 heavy (non-hydrogen) atoms. The maximum absolute atomic E-state index is 12.9. The lowest BCUT2D eigenvalue weighted by atomic mass is 9.90. The van der Waals surface area contributed by atoms with Crippen molar-refractivity contribution in [3.63, 3.8) is 0 Å². The summed E-state index contributed by atoms with van der Waals surface area (Å²) in [6.07, 6.45) is 4.10. The summed E-state index contributed by atoms with van der Waals surface area (Å²) in [6.45, 7) is 1.40. The monoisotopic (exact) mass is 409 g/mol. The molecule has 2 atom stereocenters. The number of hydrogen-bond donors (Lipinski definition) is 3. The van der Waals surface area contributed by atoms with E-state index in [9.17, 15) is 9.59 Å². The number of benzene rings is 1. The zero-order chi connectivity index (χ0) is 18.5. The number of thioether (sulfide) groups is 1. The van der Waals surface area contributed by atoms with Gasteiger partial charge in [0.15, 0.2) is 0 Å². The quantitative estimate of drug-likeness (QED) is 0.604. The summed E-state index contributed by atoms with van der Waals surface area (Å²) >= 11 is 1.52. The molecule has 0 bridgehead atoms. The predicted molar refractivity (Wildman–Crippen MR) is 109 cm³/mol. The van der Waals surface area contributed by atoms with Crippen molar-refractivity contribution in [1.29, 1.82) is 0 Å². The first-order valence-electron chi connectivity index (χ1n) is 8.55. The minimum Gasteiger partial charge on any atom is -0.370 e. The third-order valence-electron chi connectivity index (χ3n) is 4.45. The summed E-state index contributed by atoms with van der Waals surface area (Å²) in [5.74, 6) is 0.217. The highest BCUT2D eigenvalue weighted by molar-refractivity contribution is 7.99. The number of halogens is 1. The summed E-state index contributed by atoms with van der Waals surface area (Å²) in [7, 11) is 1.88. The second kappa shape index (κ2) is 9.77. The van der Waals surface area contributed by atoms with Crippen LogP contribution in [-0.2, 0) is 16.6 Å². The molecular weight excluding hydrogens is 386 g/mol. The number of aromatic nitrogens is 2. The summed E-state index contributed by atoms with van der Waals surface area (Å²) in [5.41, 5.74) is 7.03. The molecule has 2 aromatic rings. The number of para-hydroxylation sites is 1. The maximum atomic E-state index is 12.9. The predicted octanol–water partition coefficient (Wildman–Crippen LogP) is 1.75. The van der Waals surface area contributed by atoms with Crippen molar-refractivity contribution in [2.24, 2.45) is 18.7 Å².